The van der Waals surface area contributed by atoms with Gasteiger partial charge in [-0.05, 0) is 30.8 Å². The van der Waals surface area contributed by atoms with Crippen molar-refractivity contribution in [1.29, 1.82) is 0 Å². The quantitative estimate of drug-likeness (QED) is 0.746. The first-order valence-corrected chi connectivity index (χ1v) is 7.14. The molecule has 0 atom stereocenters. The van der Waals surface area contributed by atoms with E-state index in [0.717, 1.165) is 35.7 Å². The minimum atomic E-state index is 0. The Morgan fingerprint density at radius 1 is 1.05 bits per heavy atom. The van der Waals surface area contributed by atoms with E-state index in [4.69, 9.17) is 4.74 Å². The Bertz CT molecular complexity index is 693. The molecule has 2 aromatic rings. The number of nitrogens with zero attached hydrogens (tertiary/aromatic N) is 1. The number of halogens is 1. The molecule has 1 aliphatic heterocycles. The fourth-order valence-corrected chi connectivity index (χ4v) is 2.60. The standard InChI is InChI=1S/C19H19NO.ClH/c1-3-12-20(2)14-16-13-15-8-4-6-10-18(15)21-19-11-7-5-9-17(16)19;/h3-11,13H,1,12,14H2,2H3;1H. The third-order valence-electron chi connectivity index (χ3n) is 3.58. The maximum absolute atomic E-state index is 6.08. The number of hydrogen-bond donors (Lipinski definition) is 0. The highest BCUT2D eigenvalue weighted by Gasteiger charge is 2.16. The van der Waals surface area contributed by atoms with Crippen molar-refractivity contribution in [3.63, 3.8) is 0 Å². The van der Waals surface area contributed by atoms with Crippen LogP contribution in [0, 0.1) is 0 Å². The number of likely N-dealkylation sites (N-methyl/N-ethyl adjacent to an activating group) is 1. The Labute approximate surface area is 138 Å². The van der Waals surface area contributed by atoms with Gasteiger partial charge in [-0.25, -0.2) is 0 Å². The van der Waals surface area contributed by atoms with E-state index >= 15 is 0 Å². The van der Waals surface area contributed by atoms with Crippen molar-refractivity contribution in [2.75, 3.05) is 20.1 Å². The monoisotopic (exact) mass is 313 g/mol. The number of ether oxygens (including phenoxy) is 1. The van der Waals surface area contributed by atoms with Crippen LogP contribution in [0.5, 0.6) is 11.5 Å². The van der Waals surface area contributed by atoms with Crippen molar-refractivity contribution in [2.45, 2.75) is 0 Å². The van der Waals surface area contributed by atoms with Gasteiger partial charge in [-0.15, -0.1) is 19.0 Å². The fraction of sp³-hybridized carbons (Fsp3) is 0.158. The zero-order valence-corrected chi connectivity index (χ0v) is 13.5. The molecule has 0 radical (unpaired) electrons. The summed E-state index contributed by atoms with van der Waals surface area (Å²) in [6.45, 7) is 5.53. The number of hydrogen-bond acceptors (Lipinski definition) is 2. The Hall–Kier alpha value is -2.03. The summed E-state index contributed by atoms with van der Waals surface area (Å²) in [5.74, 6) is 1.83. The molecule has 0 saturated carbocycles. The first kappa shape index (κ1) is 16.3. The molecule has 0 aliphatic carbocycles. The Morgan fingerprint density at radius 2 is 1.73 bits per heavy atom. The average molecular weight is 314 g/mol. The summed E-state index contributed by atoms with van der Waals surface area (Å²) in [6, 6.07) is 16.4. The van der Waals surface area contributed by atoms with Crippen molar-refractivity contribution in [3.8, 4) is 11.5 Å². The predicted molar refractivity (Wildman–Crippen MR) is 95.8 cm³/mol. The molecule has 22 heavy (non-hydrogen) atoms. The number of benzene rings is 2. The van der Waals surface area contributed by atoms with E-state index in [1.807, 2.05) is 36.4 Å². The second kappa shape index (κ2) is 7.30. The maximum atomic E-state index is 6.08. The van der Waals surface area contributed by atoms with Gasteiger partial charge in [0.15, 0.2) is 0 Å². The van der Waals surface area contributed by atoms with Gasteiger partial charge in [-0.2, -0.15) is 0 Å². The van der Waals surface area contributed by atoms with Crippen LogP contribution >= 0.6 is 12.4 Å². The van der Waals surface area contributed by atoms with Gasteiger partial charge in [0.1, 0.15) is 11.5 Å². The Morgan fingerprint density at radius 3 is 2.50 bits per heavy atom. The topological polar surface area (TPSA) is 12.5 Å². The molecular weight excluding hydrogens is 294 g/mol. The van der Waals surface area contributed by atoms with Crippen molar-refractivity contribution < 1.29 is 4.74 Å². The van der Waals surface area contributed by atoms with Gasteiger partial charge in [0, 0.05) is 24.2 Å². The summed E-state index contributed by atoms with van der Waals surface area (Å²) < 4.78 is 6.08. The van der Waals surface area contributed by atoms with Gasteiger partial charge in [0.25, 0.3) is 0 Å². The largest absolute Gasteiger partial charge is 0.456 e. The van der Waals surface area contributed by atoms with Gasteiger partial charge in [0.2, 0.25) is 0 Å². The lowest BCUT2D eigenvalue weighted by Crippen LogP contribution is -2.20. The van der Waals surface area contributed by atoms with Crippen molar-refractivity contribution >= 4 is 24.1 Å². The average Bonchev–Trinajstić information content (AvgIpc) is 2.64. The Kier molecular flexibility index (Phi) is 5.42. The normalized spacial score (nSPS) is 12.2. The molecule has 114 valence electrons. The molecule has 0 N–H and O–H groups in total. The second-order valence-corrected chi connectivity index (χ2v) is 5.29. The summed E-state index contributed by atoms with van der Waals surface area (Å²) in [4.78, 5) is 2.24. The van der Waals surface area contributed by atoms with Gasteiger partial charge >= 0.3 is 0 Å². The van der Waals surface area contributed by atoms with E-state index in [2.05, 4.69) is 42.8 Å². The maximum Gasteiger partial charge on any atom is 0.135 e. The van der Waals surface area contributed by atoms with E-state index in [1.165, 1.54) is 5.57 Å². The number of para-hydroxylation sites is 2. The van der Waals surface area contributed by atoms with Crippen LogP contribution in [-0.2, 0) is 0 Å². The first-order valence-electron chi connectivity index (χ1n) is 7.14. The van der Waals surface area contributed by atoms with Crippen molar-refractivity contribution in [3.05, 3.63) is 72.3 Å². The summed E-state index contributed by atoms with van der Waals surface area (Å²) in [5, 5.41) is 0. The van der Waals surface area contributed by atoms with Crippen LogP contribution in [0.1, 0.15) is 11.1 Å². The van der Waals surface area contributed by atoms with Crippen LogP contribution < -0.4 is 4.74 Å². The summed E-state index contributed by atoms with van der Waals surface area (Å²) in [7, 11) is 2.10. The number of fused-ring (bicyclic) bond motifs is 2. The highest BCUT2D eigenvalue weighted by atomic mass is 35.5. The molecule has 0 saturated heterocycles. The van der Waals surface area contributed by atoms with Gasteiger partial charge in [0.05, 0.1) is 0 Å². The van der Waals surface area contributed by atoms with E-state index in [0.29, 0.717) is 0 Å². The lowest BCUT2D eigenvalue weighted by atomic mass is 10.0. The molecule has 0 bridgehead atoms. The van der Waals surface area contributed by atoms with E-state index in [9.17, 15) is 0 Å². The lowest BCUT2D eigenvalue weighted by molar-refractivity contribution is 0.418. The molecule has 3 heteroatoms. The Balaban J connectivity index is 0.00000176. The summed E-state index contributed by atoms with van der Waals surface area (Å²) in [5.41, 5.74) is 3.54. The highest BCUT2D eigenvalue weighted by molar-refractivity contribution is 5.88. The van der Waals surface area contributed by atoms with Gasteiger partial charge < -0.3 is 4.74 Å². The predicted octanol–water partition coefficient (Wildman–Crippen LogP) is 4.87. The van der Waals surface area contributed by atoms with Crippen molar-refractivity contribution in [1.82, 2.24) is 4.90 Å². The highest BCUT2D eigenvalue weighted by Crippen LogP contribution is 2.37. The zero-order chi connectivity index (χ0) is 14.7. The van der Waals surface area contributed by atoms with E-state index in [-0.39, 0.29) is 12.4 Å². The summed E-state index contributed by atoms with van der Waals surface area (Å²) in [6.07, 6.45) is 4.15. The second-order valence-electron chi connectivity index (χ2n) is 5.29. The van der Waals surface area contributed by atoms with E-state index in [1.54, 1.807) is 0 Å². The van der Waals surface area contributed by atoms with Crippen LogP contribution in [0.2, 0.25) is 0 Å². The molecule has 0 unspecified atom stereocenters. The minimum absolute atomic E-state index is 0. The zero-order valence-electron chi connectivity index (χ0n) is 12.7. The van der Waals surface area contributed by atoms with Crippen LogP contribution in [0.3, 0.4) is 0 Å². The molecule has 1 heterocycles. The van der Waals surface area contributed by atoms with E-state index < -0.39 is 0 Å². The molecule has 0 fully saturated rings. The molecule has 2 aromatic carbocycles. The summed E-state index contributed by atoms with van der Waals surface area (Å²) >= 11 is 0. The van der Waals surface area contributed by atoms with Crippen LogP contribution in [-0.4, -0.2) is 25.0 Å². The van der Waals surface area contributed by atoms with Crippen LogP contribution in [0.15, 0.2) is 61.2 Å². The number of rotatable bonds is 4. The van der Waals surface area contributed by atoms with Crippen molar-refractivity contribution in [2.24, 2.45) is 0 Å². The van der Waals surface area contributed by atoms with Gasteiger partial charge in [-0.1, -0.05) is 42.5 Å². The molecule has 2 nitrogen and oxygen atoms in total. The SMILES string of the molecule is C=CCN(C)CC1=Cc2ccccc2Oc2ccccc21.Cl. The van der Waals surface area contributed by atoms with Crippen LogP contribution in [0.4, 0.5) is 0 Å². The fourth-order valence-electron chi connectivity index (χ4n) is 2.60. The molecular formula is C19H20ClNO. The first-order chi connectivity index (χ1) is 10.3. The lowest BCUT2D eigenvalue weighted by Gasteiger charge is -2.17. The molecule has 0 aromatic heterocycles. The molecule has 0 amide bonds. The van der Waals surface area contributed by atoms with Crippen LogP contribution in [0.25, 0.3) is 11.6 Å². The third-order valence-corrected chi connectivity index (χ3v) is 3.58. The molecule has 1 aliphatic rings. The third kappa shape index (κ3) is 3.41. The smallest absolute Gasteiger partial charge is 0.135 e. The molecule has 3 rings (SSSR count). The molecule has 0 spiro atoms. The minimum Gasteiger partial charge on any atom is -0.456 e. The van der Waals surface area contributed by atoms with Gasteiger partial charge in [-0.3, -0.25) is 4.90 Å².